The molecule has 1 rings (SSSR count). The van der Waals surface area contributed by atoms with Crippen LogP contribution >= 0.6 is 0 Å². The Balaban J connectivity index is 2.01. The first-order valence-electron chi connectivity index (χ1n) is 5.21. The number of rotatable bonds is 4. The Morgan fingerprint density at radius 1 is 1.31 bits per heavy atom. The average molecular weight is 185 g/mol. The SMILES string of the molecule is CCC(=O)OCCN1CCCCC1. The molecule has 0 atom stereocenters. The number of likely N-dealkylation sites (tertiary alicyclic amines) is 1. The third-order valence-corrected chi connectivity index (χ3v) is 2.41. The summed E-state index contributed by atoms with van der Waals surface area (Å²) in [7, 11) is 0. The van der Waals surface area contributed by atoms with Crippen molar-refractivity contribution in [3.05, 3.63) is 0 Å². The highest BCUT2D eigenvalue weighted by atomic mass is 16.5. The summed E-state index contributed by atoms with van der Waals surface area (Å²) in [5.41, 5.74) is 0. The van der Waals surface area contributed by atoms with Crippen LogP contribution in [0.15, 0.2) is 0 Å². The van der Waals surface area contributed by atoms with Crippen LogP contribution in [0.3, 0.4) is 0 Å². The molecule has 0 radical (unpaired) electrons. The van der Waals surface area contributed by atoms with Gasteiger partial charge in [-0.05, 0) is 25.9 Å². The molecule has 0 saturated carbocycles. The number of hydrogen-bond acceptors (Lipinski definition) is 3. The first kappa shape index (κ1) is 10.5. The second-order valence-electron chi connectivity index (χ2n) is 3.48. The maximum Gasteiger partial charge on any atom is 0.305 e. The van der Waals surface area contributed by atoms with Crippen LogP contribution in [0.1, 0.15) is 32.6 Å². The second-order valence-corrected chi connectivity index (χ2v) is 3.48. The van der Waals surface area contributed by atoms with Crippen LogP contribution in [-0.4, -0.2) is 37.1 Å². The van der Waals surface area contributed by atoms with E-state index >= 15 is 0 Å². The van der Waals surface area contributed by atoms with E-state index in [0.29, 0.717) is 13.0 Å². The Morgan fingerprint density at radius 2 is 2.00 bits per heavy atom. The Hall–Kier alpha value is -0.570. The number of hydrogen-bond donors (Lipinski definition) is 0. The number of nitrogens with zero attached hydrogens (tertiary/aromatic N) is 1. The Morgan fingerprint density at radius 3 is 2.62 bits per heavy atom. The Kier molecular flexibility index (Phi) is 4.83. The van der Waals surface area contributed by atoms with Gasteiger partial charge in [0.1, 0.15) is 6.61 Å². The maximum atomic E-state index is 10.8. The zero-order chi connectivity index (χ0) is 9.52. The first-order valence-corrected chi connectivity index (χ1v) is 5.21. The van der Waals surface area contributed by atoms with E-state index < -0.39 is 0 Å². The molecule has 1 saturated heterocycles. The minimum atomic E-state index is -0.0861. The van der Waals surface area contributed by atoms with E-state index in [0.717, 1.165) is 6.54 Å². The molecule has 0 unspecified atom stereocenters. The van der Waals surface area contributed by atoms with Crippen molar-refractivity contribution in [3.63, 3.8) is 0 Å². The lowest BCUT2D eigenvalue weighted by atomic mass is 10.1. The molecule has 0 aliphatic carbocycles. The van der Waals surface area contributed by atoms with Crippen molar-refractivity contribution in [2.24, 2.45) is 0 Å². The number of ether oxygens (including phenoxy) is 1. The smallest absolute Gasteiger partial charge is 0.305 e. The third-order valence-electron chi connectivity index (χ3n) is 2.41. The van der Waals surface area contributed by atoms with Crippen molar-refractivity contribution in [3.8, 4) is 0 Å². The fourth-order valence-electron chi connectivity index (χ4n) is 1.57. The molecule has 1 fully saturated rings. The maximum absolute atomic E-state index is 10.8. The fourth-order valence-corrected chi connectivity index (χ4v) is 1.57. The predicted molar refractivity (Wildman–Crippen MR) is 51.5 cm³/mol. The Bertz CT molecular complexity index is 153. The highest BCUT2D eigenvalue weighted by Crippen LogP contribution is 2.07. The zero-order valence-electron chi connectivity index (χ0n) is 8.42. The van der Waals surface area contributed by atoms with Gasteiger partial charge in [-0.25, -0.2) is 0 Å². The molecule has 13 heavy (non-hydrogen) atoms. The van der Waals surface area contributed by atoms with Gasteiger partial charge < -0.3 is 4.74 Å². The van der Waals surface area contributed by atoms with Crippen LogP contribution in [-0.2, 0) is 9.53 Å². The van der Waals surface area contributed by atoms with Crippen LogP contribution in [0, 0.1) is 0 Å². The number of piperidine rings is 1. The van der Waals surface area contributed by atoms with E-state index in [9.17, 15) is 4.79 Å². The number of esters is 1. The van der Waals surface area contributed by atoms with Gasteiger partial charge in [0.2, 0.25) is 0 Å². The Labute approximate surface area is 80.1 Å². The summed E-state index contributed by atoms with van der Waals surface area (Å²) in [6.07, 6.45) is 4.43. The summed E-state index contributed by atoms with van der Waals surface area (Å²) >= 11 is 0. The van der Waals surface area contributed by atoms with Gasteiger partial charge in [-0.15, -0.1) is 0 Å². The summed E-state index contributed by atoms with van der Waals surface area (Å²) in [5.74, 6) is -0.0861. The van der Waals surface area contributed by atoms with Gasteiger partial charge in [0.25, 0.3) is 0 Å². The molecule has 0 aromatic rings. The molecule has 3 heteroatoms. The van der Waals surface area contributed by atoms with Crippen molar-refractivity contribution >= 4 is 5.97 Å². The molecule has 76 valence electrons. The normalized spacial score (nSPS) is 18.5. The van der Waals surface area contributed by atoms with Gasteiger partial charge in [-0.3, -0.25) is 9.69 Å². The van der Waals surface area contributed by atoms with Crippen LogP contribution in [0.4, 0.5) is 0 Å². The highest BCUT2D eigenvalue weighted by molar-refractivity contribution is 5.68. The van der Waals surface area contributed by atoms with Crippen molar-refractivity contribution < 1.29 is 9.53 Å². The molecule has 1 heterocycles. The molecule has 0 N–H and O–H groups in total. The van der Waals surface area contributed by atoms with Crippen molar-refractivity contribution in [2.75, 3.05) is 26.2 Å². The lowest BCUT2D eigenvalue weighted by Crippen LogP contribution is -2.33. The topological polar surface area (TPSA) is 29.5 Å². The third kappa shape index (κ3) is 4.27. The van der Waals surface area contributed by atoms with Gasteiger partial charge in [-0.2, -0.15) is 0 Å². The quantitative estimate of drug-likeness (QED) is 0.620. The van der Waals surface area contributed by atoms with E-state index in [-0.39, 0.29) is 5.97 Å². The van der Waals surface area contributed by atoms with E-state index in [1.165, 1.54) is 32.4 Å². The molecule has 0 bridgehead atoms. The van der Waals surface area contributed by atoms with Crippen LogP contribution in [0.2, 0.25) is 0 Å². The fraction of sp³-hybridized carbons (Fsp3) is 0.900. The van der Waals surface area contributed by atoms with E-state index in [1.807, 2.05) is 6.92 Å². The number of carbonyl (C=O) groups excluding carboxylic acids is 1. The molecule has 0 aromatic carbocycles. The average Bonchev–Trinajstić information content (AvgIpc) is 2.19. The van der Waals surface area contributed by atoms with Crippen molar-refractivity contribution in [1.29, 1.82) is 0 Å². The van der Waals surface area contributed by atoms with Gasteiger partial charge >= 0.3 is 5.97 Å². The van der Waals surface area contributed by atoms with Crippen LogP contribution in [0.25, 0.3) is 0 Å². The summed E-state index contributed by atoms with van der Waals surface area (Å²) in [4.78, 5) is 13.2. The van der Waals surface area contributed by atoms with Gasteiger partial charge in [0.15, 0.2) is 0 Å². The molecule has 1 aliphatic rings. The minimum Gasteiger partial charge on any atom is -0.464 e. The molecular formula is C10H19NO2. The van der Waals surface area contributed by atoms with Crippen molar-refractivity contribution in [1.82, 2.24) is 4.90 Å². The largest absolute Gasteiger partial charge is 0.464 e. The van der Waals surface area contributed by atoms with E-state index in [1.54, 1.807) is 0 Å². The molecule has 0 spiro atoms. The van der Waals surface area contributed by atoms with E-state index in [4.69, 9.17) is 4.74 Å². The first-order chi connectivity index (χ1) is 6.33. The van der Waals surface area contributed by atoms with Gasteiger partial charge in [0, 0.05) is 13.0 Å². The molecule has 0 amide bonds. The highest BCUT2D eigenvalue weighted by Gasteiger charge is 2.09. The molecule has 1 aliphatic heterocycles. The van der Waals surface area contributed by atoms with Crippen molar-refractivity contribution in [2.45, 2.75) is 32.6 Å². The van der Waals surface area contributed by atoms with E-state index in [2.05, 4.69) is 4.90 Å². The van der Waals surface area contributed by atoms with Crippen LogP contribution < -0.4 is 0 Å². The minimum absolute atomic E-state index is 0.0861. The van der Waals surface area contributed by atoms with Gasteiger partial charge in [0.05, 0.1) is 0 Å². The lowest BCUT2D eigenvalue weighted by molar-refractivity contribution is -0.143. The number of carbonyl (C=O) groups is 1. The summed E-state index contributed by atoms with van der Waals surface area (Å²) in [6.45, 7) is 5.63. The summed E-state index contributed by atoms with van der Waals surface area (Å²) < 4.78 is 5.01. The standard InChI is InChI=1S/C10H19NO2/c1-2-10(12)13-9-8-11-6-4-3-5-7-11/h2-9H2,1H3. The summed E-state index contributed by atoms with van der Waals surface area (Å²) in [5, 5.41) is 0. The molecule has 0 aromatic heterocycles. The monoisotopic (exact) mass is 185 g/mol. The zero-order valence-corrected chi connectivity index (χ0v) is 8.42. The van der Waals surface area contributed by atoms with Gasteiger partial charge in [-0.1, -0.05) is 13.3 Å². The molecular weight excluding hydrogens is 166 g/mol. The second kappa shape index (κ2) is 5.97. The lowest BCUT2D eigenvalue weighted by Gasteiger charge is -2.25. The molecule has 3 nitrogen and oxygen atoms in total. The predicted octanol–water partition coefficient (Wildman–Crippen LogP) is 1.43. The van der Waals surface area contributed by atoms with Crippen LogP contribution in [0.5, 0.6) is 0 Å². The summed E-state index contributed by atoms with van der Waals surface area (Å²) in [6, 6.07) is 0.